The number of hydrogen-bond acceptors (Lipinski definition) is 4. The maximum Gasteiger partial charge on any atom is 0.418 e. The SMILES string of the molecule is C[C@H]1CCCN(Cc2cc(C(F)(F)F)c3cn(-c4cccc([C@H]([C]5N=NC=[N+]5C)C5CCC5)c4)c(=O)n3c2)C1. The van der Waals surface area contributed by atoms with Gasteiger partial charge in [-0.25, -0.2) is 9.37 Å². The molecule has 10 heteroatoms. The van der Waals surface area contributed by atoms with Crippen LogP contribution in [0, 0.1) is 18.0 Å². The Bertz CT molecular complexity index is 1500. The van der Waals surface area contributed by atoms with Crippen LogP contribution < -0.4 is 5.69 Å². The van der Waals surface area contributed by atoms with Gasteiger partial charge in [0.15, 0.2) is 0 Å². The molecule has 1 saturated carbocycles. The molecule has 2 aliphatic heterocycles. The molecule has 1 aliphatic carbocycles. The fourth-order valence-corrected chi connectivity index (χ4v) is 6.28. The summed E-state index contributed by atoms with van der Waals surface area (Å²) in [4.78, 5) is 15.8. The zero-order valence-electron chi connectivity index (χ0n) is 22.2. The molecule has 2 aromatic heterocycles. The van der Waals surface area contributed by atoms with Gasteiger partial charge in [-0.2, -0.15) is 13.2 Å². The van der Waals surface area contributed by atoms with Crippen LogP contribution >= 0.6 is 0 Å². The van der Waals surface area contributed by atoms with Crippen molar-refractivity contribution in [1.82, 2.24) is 13.9 Å². The van der Waals surface area contributed by atoms with Gasteiger partial charge >= 0.3 is 24.4 Å². The van der Waals surface area contributed by atoms with Crippen LogP contribution in [-0.2, 0) is 12.7 Å². The molecule has 0 spiro atoms. The molecule has 1 aromatic carbocycles. The average Bonchev–Trinajstić information content (AvgIpc) is 3.43. The summed E-state index contributed by atoms with van der Waals surface area (Å²) in [6.45, 7) is 4.24. The zero-order valence-corrected chi connectivity index (χ0v) is 22.2. The molecule has 1 saturated heterocycles. The summed E-state index contributed by atoms with van der Waals surface area (Å²) in [6.07, 6.45) is 6.29. The van der Waals surface area contributed by atoms with E-state index in [1.807, 2.05) is 29.8 Å². The third-order valence-corrected chi connectivity index (χ3v) is 8.43. The van der Waals surface area contributed by atoms with Gasteiger partial charge in [0.1, 0.15) is 0 Å². The standard InChI is InChI=1S/C29H33F3N6O/c1-19-6-5-11-36(14-19)15-20-12-24(29(30,31)32)25-17-37(28(39)38(25)16-20)23-10-4-9-22(13-23)26(21-7-3-8-21)27-34-33-18-35(27)2/h4,9-10,12-13,16-19,21,26H,3,5-8,11,14-15H2,1-2H3/q+1/t19-,26+/m0/s1. The molecule has 0 N–H and O–H groups in total. The number of pyridine rings is 1. The van der Waals surface area contributed by atoms with Crippen LogP contribution in [0.1, 0.15) is 61.6 Å². The van der Waals surface area contributed by atoms with E-state index < -0.39 is 17.4 Å². The second-order valence-corrected chi connectivity index (χ2v) is 11.3. The fraction of sp³-hybridized carbons (Fsp3) is 0.483. The van der Waals surface area contributed by atoms with Gasteiger partial charge in [0.2, 0.25) is 0 Å². The molecule has 205 valence electrons. The van der Waals surface area contributed by atoms with Gasteiger partial charge in [-0.05, 0) is 78.5 Å². The van der Waals surface area contributed by atoms with E-state index in [2.05, 4.69) is 22.1 Å². The molecule has 2 atom stereocenters. The molecule has 0 bridgehead atoms. The van der Waals surface area contributed by atoms with Crippen molar-refractivity contribution in [3.8, 4) is 5.69 Å². The van der Waals surface area contributed by atoms with Gasteiger partial charge in [0.05, 0.1) is 34.8 Å². The summed E-state index contributed by atoms with van der Waals surface area (Å²) in [7, 11) is 1.91. The van der Waals surface area contributed by atoms with Crippen molar-refractivity contribution >= 4 is 11.9 Å². The number of imidazole rings is 1. The predicted octanol–water partition coefficient (Wildman–Crippen LogP) is 5.85. The first kappa shape index (κ1) is 26.0. The van der Waals surface area contributed by atoms with Crippen LogP contribution in [0.3, 0.4) is 0 Å². The van der Waals surface area contributed by atoms with Crippen LogP contribution in [0.2, 0.25) is 0 Å². The monoisotopic (exact) mass is 538 g/mol. The highest BCUT2D eigenvalue weighted by atomic mass is 19.4. The number of halogens is 3. The van der Waals surface area contributed by atoms with Crippen LogP contribution in [0.15, 0.2) is 57.7 Å². The first-order valence-electron chi connectivity index (χ1n) is 13.7. The maximum absolute atomic E-state index is 14.2. The number of hydrogen-bond donors (Lipinski definition) is 0. The second kappa shape index (κ2) is 10.0. The Morgan fingerprint density at radius 1 is 1.13 bits per heavy atom. The van der Waals surface area contributed by atoms with E-state index in [-0.39, 0.29) is 11.4 Å². The van der Waals surface area contributed by atoms with E-state index in [9.17, 15) is 18.0 Å². The smallest absolute Gasteiger partial charge is 0.299 e. The van der Waals surface area contributed by atoms with Crippen LogP contribution in [-0.4, -0.2) is 44.9 Å². The van der Waals surface area contributed by atoms with E-state index in [0.717, 1.165) is 61.3 Å². The average molecular weight is 539 g/mol. The Labute approximate surface area is 225 Å². The normalized spacial score (nSPS) is 21.9. The summed E-state index contributed by atoms with van der Waals surface area (Å²) < 4.78 is 47.1. The molecule has 6 rings (SSSR count). The van der Waals surface area contributed by atoms with Crippen molar-refractivity contribution in [3.05, 3.63) is 76.1 Å². The lowest BCUT2D eigenvalue weighted by Gasteiger charge is -2.34. The van der Waals surface area contributed by atoms with Gasteiger partial charge in [0, 0.05) is 25.5 Å². The molecular formula is C29H33F3N6O+. The number of fused-ring (bicyclic) bond motifs is 1. The number of likely N-dealkylation sites (tertiary alicyclic amines) is 1. The predicted molar refractivity (Wildman–Crippen MR) is 142 cm³/mol. The molecule has 0 unspecified atom stereocenters. The molecule has 1 radical (unpaired) electrons. The largest absolute Gasteiger partial charge is 0.418 e. The van der Waals surface area contributed by atoms with Crippen molar-refractivity contribution < 1.29 is 17.7 Å². The summed E-state index contributed by atoms with van der Waals surface area (Å²) in [6, 6.07) is 8.73. The third kappa shape index (κ3) is 4.95. The molecule has 39 heavy (non-hydrogen) atoms. The van der Waals surface area contributed by atoms with E-state index in [0.29, 0.717) is 29.6 Å². The number of aromatic nitrogens is 2. The molecule has 3 aliphatic rings. The Kier molecular flexibility index (Phi) is 6.69. The van der Waals surface area contributed by atoms with Crippen LogP contribution in [0.4, 0.5) is 13.2 Å². The molecular weight excluding hydrogens is 505 g/mol. The van der Waals surface area contributed by atoms with Gasteiger partial charge in [-0.1, -0.05) is 25.5 Å². The lowest BCUT2D eigenvalue weighted by Crippen LogP contribution is -2.34. The van der Waals surface area contributed by atoms with E-state index in [1.165, 1.54) is 16.8 Å². The van der Waals surface area contributed by atoms with E-state index >= 15 is 0 Å². The number of benzene rings is 1. The lowest BCUT2D eigenvalue weighted by atomic mass is 9.71. The second-order valence-electron chi connectivity index (χ2n) is 11.3. The van der Waals surface area contributed by atoms with Gasteiger partial charge < -0.3 is 0 Å². The van der Waals surface area contributed by atoms with E-state index in [4.69, 9.17) is 0 Å². The van der Waals surface area contributed by atoms with Crippen molar-refractivity contribution in [2.75, 3.05) is 20.1 Å². The number of nitrogens with zero attached hydrogens (tertiary/aromatic N) is 6. The minimum atomic E-state index is -4.59. The van der Waals surface area contributed by atoms with Crippen LogP contribution in [0.25, 0.3) is 11.2 Å². The Morgan fingerprint density at radius 2 is 1.95 bits per heavy atom. The highest BCUT2D eigenvalue weighted by Gasteiger charge is 2.42. The number of alkyl halides is 3. The van der Waals surface area contributed by atoms with Crippen molar-refractivity contribution in [2.45, 2.75) is 57.7 Å². The Hall–Kier alpha value is -3.27. The zero-order chi connectivity index (χ0) is 27.3. The minimum Gasteiger partial charge on any atom is -0.299 e. The molecule has 3 aromatic rings. The summed E-state index contributed by atoms with van der Waals surface area (Å²) >= 11 is 0. The highest BCUT2D eigenvalue weighted by molar-refractivity contribution is 5.58. The molecule has 2 fully saturated rings. The highest BCUT2D eigenvalue weighted by Crippen LogP contribution is 2.46. The quantitative estimate of drug-likeness (QED) is 0.370. The fourth-order valence-electron chi connectivity index (χ4n) is 6.28. The summed E-state index contributed by atoms with van der Waals surface area (Å²) in [5.41, 5.74) is 0.560. The maximum atomic E-state index is 14.2. The summed E-state index contributed by atoms with van der Waals surface area (Å²) in [5.74, 6) is 0.916. The first-order chi connectivity index (χ1) is 18.7. The summed E-state index contributed by atoms with van der Waals surface area (Å²) in [5, 5.41) is 8.43. The lowest BCUT2D eigenvalue weighted by molar-refractivity contribution is -0.480. The first-order valence-corrected chi connectivity index (χ1v) is 13.7. The van der Waals surface area contributed by atoms with Gasteiger partial charge in [-0.15, -0.1) is 0 Å². The van der Waals surface area contributed by atoms with Crippen molar-refractivity contribution in [1.29, 1.82) is 0 Å². The van der Waals surface area contributed by atoms with Crippen molar-refractivity contribution in [3.63, 3.8) is 0 Å². The van der Waals surface area contributed by atoms with Crippen molar-refractivity contribution in [2.24, 2.45) is 22.1 Å². The Balaban J connectivity index is 1.41. The number of azo groups is 1. The van der Waals surface area contributed by atoms with Gasteiger partial charge in [0.25, 0.3) is 0 Å². The number of likely N-dealkylation sites (N-methyl/N-ethyl adjacent to an activating group) is 1. The molecule has 7 nitrogen and oxygen atoms in total. The minimum absolute atomic E-state index is 0.00297. The molecule has 4 heterocycles. The van der Waals surface area contributed by atoms with Gasteiger partial charge in [-0.3, -0.25) is 13.9 Å². The molecule has 0 amide bonds. The Morgan fingerprint density at radius 3 is 2.62 bits per heavy atom. The topological polar surface area (TPSA) is 57.4 Å². The number of piperidine rings is 1. The third-order valence-electron chi connectivity index (χ3n) is 8.43. The van der Waals surface area contributed by atoms with E-state index in [1.54, 1.807) is 18.6 Å². The van der Waals surface area contributed by atoms with Crippen LogP contribution in [0.5, 0.6) is 0 Å². The number of rotatable bonds is 6.